The summed E-state index contributed by atoms with van der Waals surface area (Å²) < 4.78 is 0. The van der Waals surface area contributed by atoms with Gasteiger partial charge >= 0.3 is 0 Å². The van der Waals surface area contributed by atoms with Gasteiger partial charge in [-0.25, -0.2) is 0 Å². The highest BCUT2D eigenvalue weighted by atomic mass is 16.3. The quantitative estimate of drug-likeness (QED) is 0.919. The summed E-state index contributed by atoms with van der Waals surface area (Å²) in [5.74, 6) is 0.746. The Morgan fingerprint density at radius 3 is 2.65 bits per heavy atom. The fourth-order valence-electron chi connectivity index (χ4n) is 3.51. The lowest BCUT2D eigenvalue weighted by Crippen LogP contribution is -2.48. The molecule has 1 aliphatic heterocycles. The summed E-state index contributed by atoms with van der Waals surface area (Å²) >= 11 is 0. The van der Waals surface area contributed by atoms with Crippen LogP contribution in [0, 0.1) is 5.92 Å². The van der Waals surface area contributed by atoms with Crippen molar-refractivity contribution < 1.29 is 9.90 Å². The standard InChI is InChI=1S/C17H23NO2/c1-17(2,20)15-9-6-10-18(15)16(19)14-11-13(14)12-7-4-3-5-8-12/h3-5,7-8,13-15,20H,6,9-11H2,1-2H3/t13-,14+,15?/m0/s1. The molecule has 0 spiro atoms. The van der Waals surface area contributed by atoms with E-state index in [9.17, 15) is 9.90 Å². The van der Waals surface area contributed by atoms with Gasteiger partial charge < -0.3 is 10.0 Å². The molecule has 1 saturated heterocycles. The number of carbonyl (C=O) groups is 1. The van der Waals surface area contributed by atoms with E-state index in [1.807, 2.05) is 36.9 Å². The number of carbonyl (C=O) groups excluding carboxylic acids is 1. The molecular weight excluding hydrogens is 250 g/mol. The first-order chi connectivity index (χ1) is 9.48. The van der Waals surface area contributed by atoms with Crippen molar-refractivity contribution in [2.24, 2.45) is 5.92 Å². The van der Waals surface area contributed by atoms with Gasteiger partial charge in [0, 0.05) is 12.5 Å². The Bertz CT molecular complexity index is 491. The smallest absolute Gasteiger partial charge is 0.226 e. The normalized spacial score (nSPS) is 29.6. The minimum Gasteiger partial charge on any atom is -0.388 e. The fourth-order valence-corrected chi connectivity index (χ4v) is 3.51. The van der Waals surface area contributed by atoms with Gasteiger partial charge in [0.15, 0.2) is 0 Å². The second-order valence-electron chi connectivity index (χ2n) is 6.70. The van der Waals surface area contributed by atoms with Crippen molar-refractivity contribution in [2.45, 2.75) is 50.7 Å². The topological polar surface area (TPSA) is 40.5 Å². The predicted molar refractivity (Wildman–Crippen MR) is 78.3 cm³/mol. The van der Waals surface area contributed by atoms with E-state index in [4.69, 9.17) is 0 Å². The van der Waals surface area contributed by atoms with E-state index >= 15 is 0 Å². The van der Waals surface area contributed by atoms with E-state index in [2.05, 4.69) is 12.1 Å². The van der Waals surface area contributed by atoms with Crippen LogP contribution in [0.25, 0.3) is 0 Å². The number of nitrogens with zero attached hydrogens (tertiary/aromatic N) is 1. The molecule has 1 aromatic carbocycles. The van der Waals surface area contributed by atoms with Gasteiger partial charge in [-0.15, -0.1) is 0 Å². The SMILES string of the molecule is CC(C)(O)C1CCCN1C(=O)[C@@H]1C[C@H]1c1ccccc1. The Balaban J connectivity index is 1.69. The Hall–Kier alpha value is -1.35. The van der Waals surface area contributed by atoms with E-state index in [1.54, 1.807) is 0 Å². The second kappa shape index (κ2) is 4.88. The minimum absolute atomic E-state index is 0.0213. The first kappa shape index (κ1) is 13.6. The van der Waals surface area contributed by atoms with Crippen LogP contribution >= 0.6 is 0 Å². The fraction of sp³-hybridized carbons (Fsp3) is 0.588. The summed E-state index contributed by atoms with van der Waals surface area (Å²) in [4.78, 5) is 14.6. The van der Waals surface area contributed by atoms with Crippen molar-refractivity contribution in [3.8, 4) is 0 Å². The van der Waals surface area contributed by atoms with Gasteiger partial charge in [0.05, 0.1) is 11.6 Å². The van der Waals surface area contributed by atoms with Gasteiger partial charge in [-0.05, 0) is 44.6 Å². The molecule has 3 heteroatoms. The minimum atomic E-state index is -0.802. The number of benzene rings is 1. The lowest BCUT2D eigenvalue weighted by atomic mass is 9.96. The Labute approximate surface area is 120 Å². The summed E-state index contributed by atoms with van der Waals surface area (Å²) in [6.07, 6.45) is 2.87. The summed E-state index contributed by atoms with van der Waals surface area (Å²) in [7, 11) is 0. The lowest BCUT2D eigenvalue weighted by Gasteiger charge is -2.34. The zero-order valence-corrected chi connectivity index (χ0v) is 12.2. The molecule has 2 fully saturated rings. The van der Waals surface area contributed by atoms with Crippen LogP contribution in [0.5, 0.6) is 0 Å². The highest BCUT2D eigenvalue weighted by Crippen LogP contribution is 2.49. The molecule has 108 valence electrons. The van der Waals surface area contributed by atoms with Gasteiger partial charge in [0.2, 0.25) is 5.91 Å². The first-order valence-corrected chi connectivity index (χ1v) is 7.56. The Morgan fingerprint density at radius 1 is 1.30 bits per heavy atom. The summed E-state index contributed by atoms with van der Waals surface area (Å²) in [6.45, 7) is 4.42. The summed E-state index contributed by atoms with van der Waals surface area (Å²) in [5, 5.41) is 10.2. The Morgan fingerprint density at radius 2 is 2.00 bits per heavy atom. The molecule has 1 unspecified atom stereocenters. The van der Waals surface area contributed by atoms with Crippen molar-refractivity contribution >= 4 is 5.91 Å². The largest absolute Gasteiger partial charge is 0.388 e. The first-order valence-electron chi connectivity index (χ1n) is 7.56. The maximum Gasteiger partial charge on any atom is 0.226 e. The number of amides is 1. The third-order valence-electron chi connectivity index (χ3n) is 4.69. The molecule has 3 atom stereocenters. The van der Waals surface area contributed by atoms with E-state index in [-0.39, 0.29) is 17.9 Å². The molecule has 1 amide bonds. The molecule has 1 aliphatic carbocycles. The molecule has 1 saturated carbocycles. The maximum atomic E-state index is 12.7. The number of aliphatic hydroxyl groups is 1. The molecule has 0 radical (unpaired) electrons. The van der Waals surface area contributed by atoms with Crippen LogP contribution < -0.4 is 0 Å². The van der Waals surface area contributed by atoms with Crippen LogP contribution in [0.4, 0.5) is 0 Å². The van der Waals surface area contributed by atoms with E-state index < -0.39 is 5.60 Å². The van der Waals surface area contributed by atoms with Crippen LogP contribution in [0.3, 0.4) is 0 Å². The molecule has 0 bridgehead atoms. The lowest BCUT2D eigenvalue weighted by molar-refractivity contribution is -0.138. The van der Waals surface area contributed by atoms with E-state index in [0.29, 0.717) is 5.92 Å². The average Bonchev–Trinajstić information content (AvgIpc) is 3.05. The van der Waals surface area contributed by atoms with Crippen LogP contribution in [0.1, 0.15) is 44.6 Å². The zero-order valence-electron chi connectivity index (χ0n) is 12.2. The van der Waals surface area contributed by atoms with E-state index in [0.717, 1.165) is 25.8 Å². The van der Waals surface area contributed by atoms with Crippen molar-refractivity contribution in [1.29, 1.82) is 0 Å². The summed E-state index contributed by atoms with van der Waals surface area (Å²) in [5.41, 5.74) is 0.466. The third-order valence-corrected chi connectivity index (χ3v) is 4.69. The molecular formula is C17H23NO2. The highest BCUT2D eigenvalue weighted by Gasteiger charge is 2.49. The molecule has 2 aliphatic rings. The molecule has 3 nitrogen and oxygen atoms in total. The maximum absolute atomic E-state index is 12.7. The Kier molecular flexibility index (Phi) is 3.33. The predicted octanol–water partition coefficient (Wildman–Crippen LogP) is 2.55. The van der Waals surface area contributed by atoms with Gasteiger partial charge in [-0.1, -0.05) is 30.3 Å². The molecule has 3 rings (SSSR count). The van der Waals surface area contributed by atoms with Crippen molar-refractivity contribution in [3.05, 3.63) is 35.9 Å². The second-order valence-corrected chi connectivity index (χ2v) is 6.70. The highest BCUT2D eigenvalue weighted by molar-refractivity contribution is 5.83. The van der Waals surface area contributed by atoms with Crippen LogP contribution in [-0.2, 0) is 4.79 Å². The van der Waals surface area contributed by atoms with Crippen molar-refractivity contribution in [2.75, 3.05) is 6.54 Å². The summed E-state index contributed by atoms with van der Waals surface area (Å²) in [6, 6.07) is 10.3. The van der Waals surface area contributed by atoms with Crippen molar-refractivity contribution in [3.63, 3.8) is 0 Å². The number of hydrogen-bond donors (Lipinski definition) is 1. The molecule has 0 aromatic heterocycles. The zero-order chi connectivity index (χ0) is 14.3. The van der Waals surface area contributed by atoms with Crippen LogP contribution in [-0.4, -0.2) is 34.1 Å². The molecule has 1 aromatic rings. The molecule has 1 N–H and O–H groups in total. The van der Waals surface area contributed by atoms with Gasteiger partial charge in [-0.2, -0.15) is 0 Å². The number of hydrogen-bond acceptors (Lipinski definition) is 2. The van der Waals surface area contributed by atoms with Gasteiger partial charge in [-0.3, -0.25) is 4.79 Å². The van der Waals surface area contributed by atoms with Crippen molar-refractivity contribution in [1.82, 2.24) is 4.90 Å². The van der Waals surface area contributed by atoms with E-state index in [1.165, 1.54) is 5.56 Å². The van der Waals surface area contributed by atoms with Crippen LogP contribution in [0.2, 0.25) is 0 Å². The molecule has 1 heterocycles. The number of rotatable bonds is 3. The van der Waals surface area contributed by atoms with Gasteiger partial charge in [0.25, 0.3) is 0 Å². The van der Waals surface area contributed by atoms with Gasteiger partial charge in [0.1, 0.15) is 0 Å². The third kappa shape index (κ3) is 2.47. The average molecular weight is 273 g/mol. The molecule has 20 heavy (non-hydrogen) atoms. The monoisotopic (exact) mass is 273 g/mol. The number of likely N-dealkylation sites (tertiary alicyclic amines) is 1. The van der Waals surface area contributed by atoms with Crippen LogP contribution in [0.15, 0.2) is 30.3 Å².